The van der Waals surface area contributed by atoms with Crippen molar-refractivity contribution in [3.63, 3.8) is 0 Å². The predicted molar refractivity (Wildman–Crippen MR) is 79.2 cm³/mol. The van der Waals surface area contributed by atoms with Crippen LogP contribution in [-0.4, -0.2) is 42.6 Å². The van der Waals surface area contributed by atoms with Crippen LogP contribution in [-0.2, 0) is 10.4 Å². The van der Waals surface area contributed by atoms with Gasteiger partial charge in [0.2, 0.25) is 5.91 Å². The van der Waals surface area contributed by atoms with E-state index < -0.39 is 5.60 Å². The lowest BCUT2D eigenvalue weighted by Gasteiger charge is -2.30. The maximum absolute atomic E-state index is 12.1. The molecular formula is C16H24N2O2. The Morgan fingerprint density at radius 1 is 1.35 bits per heavy atom. The molecule has 1 aliphatic rings. The van der Waals surface area contributed by atoms with Crippen molar-refractivity contribution in [1.82, 2.24) is 10.2 Å². The molecule has 1 saturated heterocycles. The van der Waals surface area contributed by atoms with Crippen LogP contribution < -0.4 is 5.32 Å². The van der Waals surface area contributed by atoms with Gasteiger partial charge in [0.1, 0.15) is 5.60 Å². The Hall–Kier alpha value is -1.39. The van der Waals surface area contributed by atoms with Crippen LogP contribution in [0, 0.1) is 5.92 Å². The van der Waals surface area contributed by atoms with Gasteiger partial charge in [-0.05, 0) is 45.5 Å². The second-order valence-corrected chi connectivity index (χ2v) is 5.94. The third kappa shape index (κ3) is 3.81. The molecule has 4 heteroatoms. The molecule has 0 aromatic heterocycles. The summed E-state index contributed by atoms with van der Waals surface area (Å²) in [7, 11) is 2.08. The fourth-order valence-corrected chi connectivity index (χ4v) is 2.57. The number of rotatable bonds is 4. The van der Waals surface area contributed by atoms with Crippen LogP contribution in [0.2, 0.25) is 0 Å². The summed E-state index contributed by atoms with van der Waals surface area (Å²) >= 11 is 0. The maximum Gasteiger partial charge on any atom is 0.223 e. The number of carbonyl (C=O) groups excluding carboxylic acids is 1. The van der Waals surface area contributed by atoms with Gasteiger partial charge < -0.3 is 15.3 Å². The lowest BCUT2D eigenvalue weighted by Crippen LogP contribution is -2.44. The average Bonchev–Trinajstić information content (AvgIpc) is 2.46. The third-order valence-electron chi connectivity index (χ3n) is 4.09. The zero-order chi connectivity index (χ0) is 14.6. The minimum absolute atomic E-state index is 0.0642. The fourth-order valence-electron chi connectivity index (χ4n) is 2.57. The summed E-state index contributed by atoms with van der Waals surface area (Å²) in [4.78, 5) is 14.4. The SMILES string of the molecule is CN1CCC(C(=O)NCC(C)(O)c2ccccc2)CC1. The van der Waals surface area contributed by atoms with Gasteiger partial charge in [-0.25, -0.2) is 0 Å². The van der Waals surface area contributed by atoms with Crippen molar-refractivity contribution in [3.8, 4) is 0 Å². The Labute approximate surface area is 120 Å². The van der Waals surface area contributed by atoms with Gasteiger partial charge in [-0.3, -0.25) is 4.79 Å². The molecule has 1 heterocycles. The normalized spacial score (nSPS) is 20.4. The first kappa shape index (κ1) is 15.0. The highest BCUT2D eigenvalue weighted by Crippen LogP contribution is 2.20. The predicted octanol–water partition coefficient (Wildman–Crippen LogP) is 1.35. The molecule has 20 heavy (non-hydrogen) atoms. The highest BCUT2D eigenvalue weighted by Gasteiger charge is 2.27. The molecule has 1 atom stereocenters. The number of nitrogens with zero attached hydrogens (tertiary/aromatic N) is 1. The number of aliphatic hydroxyl groups is 1. The summed E-state index contributed by atoms with van der Waals surface area (Å²) in [5.41, 5.74) is -0.203. The lowest BCUT2D eigenvalue weighted by molar-refractivity contribution is -0.127. The van der Waals surface area contributed by atoms with E-state index in [0.717, 1.165) is 31.5 Å². The summed E-state index contributed by atoms with van der Waals surface area (Å²) in [6, 6.07) is 9.45. The summed E-state index contributed by atoms with van der Waals surface area (Å²) < 4.78 is 0. The molecule has 1 fully saturated rings. The largest absolute Gasteiger partial charge is 0.384 e. The number of carbonyl (C=O) groups is 1. The number of hydrogen-bond donors (Lipinski definition) is 2. The standard InChI is InChI=1S/C16H24N2O2/c1-16(20,14-6-4-3-5-7-14)12-17-15(19)13-8-10-18(2)11-9-13/h3-7,13,20H,8-12H2,1-2H3,(H,17,19). The van der Waals surface area contributed by atoms with E-state index in [0.29, 0.717) is 0 Å². The highest BCUT2D eigenvalue weighted by molar-refractivity contribution is 5.78. The van der Waals surface area contributed by atoms with Crippen molar-refractivity contribution in [1.29, 1.82) is 0 Å². The van der Waals surface area contributed by atoms with Gasteiger partial charge in [-0.15, -0.1) is 0 Å². The number of amides is 1. The molecule has 0 aliphatic carbocycles. The Kier molecular flexibility index (Phi) is 4.78. The van der Waals surface area contributed by atoms with Crippen molar-refractivity contribution in [3.05, 3.63) is 35.9 Å². The minimum atomic E-state index is -1.03. The van der Waals surface area contributed by atoms with Crippen molar-refractivity contribution < 1.29 is 9.90 Å². The zero-order valence-electron chi connectivity index (χ0n) is 12.3. The number of nitrogens with one attached hydrogen (secondary N) is 1. The monoisotopic (exact) mass is 276 g/mol. The first-order valence-corrected chi connectivity index (χ1v) is 7.23. The first-order chi connectivity index (χ1) is 9.49. The molecule has 1 aliphatic heterocycles. The third-order valence-corrected chi connectivity index (χ3v) is 4.09. The van der Waals surface area contributed by atoms with Crippen LogP contribution in [0.5, 0.6) is 0 Å². The van der Waals surface area contributed by atoms with Gasteiger partial charge >= 0.3 is 0 Å². The molecule has 0 spiro atoms. The van der Waals surface area contributed by atoms with E-state index in [4.69, 9.17) is 0 Å². The minimum Gasteiger partial charge on any atom is -0.384 e. The summed E-state index contributed by atoms with van der Waals surface area (Å²) in [5, 5.41) is 13.4. The van der Waals surface area contributed by atoms with E-state index >= 15 is 0 Å². The zero-order valence-corrected chi connectivity index (χ0v) is 12.3. The molecule has 4 nitrogen and oxygen atoms in total. The average molecular weight is 276 g/mol. The van der Waals surface area contributed by atoms with E-state index in [1.54, 1.807) is 6.92 Å². The molecule has 0 radical (unpaired) electrons. The van der Waals surface area contributed by atoms with Crippen molar-refractivity contribution in [2.45, 2.75) is 25.4 Å². The molecule has 110 valence electrons. The molecule has 1 aromatic carbocycles. The van der Waals surface area contributed by atoms with E-state index in [1.807, 2.05) is 30.3 Å². The van der Waals surface area contributed by atoms with Gasteiger partial charge in [0, 0.05) is 5.92 Å². The molecule has 2 N–H and O–H groups in total. The summed E-state index contributed by atoms with van der Waals surface area (Å²) in [5.74, 6) is 0.145. The number of benzene rings is 1. The second kappa shape index (κ2) is 6.37. The Balaban J connectivity index is 1.86. The van der Waals surface area contributed by atoms with Gasteiger partial charge in [0.25, 0.3) is 0 Å². The number of piperidine rings is 1. The van der Waals surface area contributed by atoms with E-state index in [9.17, 15) is 9.90 Å². The van der Waals surface area contributed by atoms with Crippen LogP contribution in [0.15, 0.2) is 30.3 Å². The molecule has 2 rings (SSSR count). The first-order valence-electron chi connectivity index (χ1n) is 7.23. The smallest absolute Gasteiger partial charge is 0.223 e. The maximum atomic E-state index is 12.1. The quantitative estimate of drug-likeness (QED) is 0.873. The molecule has 0 saturated carbocycles. The Morgan fingerprint density at radius 2 is 1.95 bits per heavy atom. The number of likely N-dealkylation sites (tertiary alicyclic amines) is 1. The van der Waals surface area contributed by atoms with Crippen molar-refractivity contribution in [2.24, 2.45) is 5.92 Å². The van der Waals surface area contributed by atoms with E-state index in [1.165, 1.54) is 0 Å². The lowest BCUT2D eigenvalue weighted by atomic mass is 9.94. The Bertz CT molecular complexity index is 437. The van der Waals surface area contributed by atoms with Crippen molar-refractivity contribution in [2.75, 3.05) is 26.7 Å². The van der Waals surface area contributed by atoms with Crippen LogP contribution in [0.1, 0.15) is 25.3 Å². The van der Waals surface area contributed by atoms with Crippen molar-refractivity contribution >= 4 is 5.91 Å². The highest BCUT2D eigenvalue weighted by atomic mass is 16.3. The van der Waals surface area contributed by atoms with Crippen LogP contribution in [0.4, 0.5) is 0 Å². The van der Waals surface area contributed by atoms with Crippen LogP contribution >= 0.6 is 0 Å². The van der Waals surface area contributed by atoms with Gasteiger partial charge in [-0.2, -0.15) is 0 Å². The van der Waals surface area contributed by atoms with E-state index in [-0.39, 0.29) is 18.4 Å². The molecule has 1 amide bonds. The Morgan fingerprint density at radius 3 is 2.55 bits per heavy atom. The van der Waals surface area contributed by atoms with E-state index in [2.05, 4.69) is 17.3 Å². The topological polar surface area (TPSA) is 52.6 Å². The summed E-state index contributed by atoms with van der Waals surface area (Å²) in [6.07, 6.45) is 1.80. The molecule has 1 unspecified atom stereocenters. The fraction of sp³-hybridized carbons (Fsp3) is 0.562. The molecule has 0 bridgehead atoms. The molecular weight excluding hydrogens is 252 g/mol. The number of hydrogen-bond acceptors (Lipinski definition) is 3. The van der Waals surface area contributed by atoms with Crippen LogP contribution in [0.25, 0.3) is 0 Å². The van der Waals surface area contributed by atoms with Gasteiger partial charge in [0.05, 0.1) is 6.54 Å². The molecule has 1 aromatic rings. The second-order valence-electron chi connectivity index (χ2n) is 5.94. The van der Waals surface area contributed by atoms with Gasteiger partial charge in [0.15, 0.2) is 0 Å². The summed E-state index contributed by atoms with van der Waals surface area (Å²) in [6.45, 7) is 3.92. The van der Waals surface area contributed by atoms with Gasteiger partial charge in [-0.1, -0.05) is 30.3 Å². The van der Waals surface area contributed by atoms with Crippen LogP contribution in [0.3, 0.4) is 0 Å².